The number of anilines is 1. The van der Waals surface area contributed by atoms with Crippen molar-refractivity contribution in [3.63, 3.8) is 0 Å². The number of amides is 1. The fraction of sp³-hybridized carbons (Fsp3) is 0.375. The lowest BCUT2D eigenvalue weighted by molar-refractivity contribution is -0.118. The zero-order chi connectivity index (χ0) is 15.4. The van der Waals surface area contributed by atoms with Crippen molar-refractivity contribution in [2.75, 3.05) is 11.9 Å². The molecule has 116 valence electrons. The molecule has 0 bridgehead atoms. The molecule has 0 atom stereocenters. The van der Waals surface area contributed by atoms with Gasteiger partial charge in [0.05, 0.1) is 12.2 Å². The molecular formula is C16H18BrN3O2. The first-order valence-corrected chi connectivity index (χ1v) is 8.23. The predicted octanol–water partition coefficient (Wildman–Crippen LogP) is 3.78. The van der Waals surface area contributed by atoms with Crippen LogP contribution in [0.15, 0.2) is 41.0 Å². The molecule has 0 radical (unpaired) electrons. The second-order valence-electron chi connectivity index (χ2n) is 5.39. The molecule has 1 heterocycles. The molecule has 3 rings (SSSR count). The van der Waals surface area contributed by atoms with Crippen LogP contribution in [-0.2, 0) is 4.79 Å². The van der Waals surface area contributed by atoms with Crippen LogP contribution in [0, 0.1) is 0 Å². The number of ether oxygens (including phenoxy) is 1. The zero-order valence-electron chi connectivity index (χ0n) is 12.2. The summed E-state index contributed by atoms with van der Waals surface area (Å²) in [5.41, 5.74) is 0. The predicted molar refractivity (Wildman–Crippen MR) is 88.0 cm³/mol. The maximum absolute atomic E-state index is 12.0. The maximum Gasteiger partial charge on any atom is 0.263 e. The van der Waals surface area contributed by atoms with Gasteiger partial charge in [-0.05, 0) is 37.1 Å². The van der Waals surface area contributed by atoms with E-state index in [2.05, 4.69) is 26.3 Å². The first-order chi connectivity index (χ1) is 10.7. The van der Waals surface area contributed by atoms with E-state index in [0.717, 1.165) is 23.1 Å². The van der Waals surface area contributed by atoms with Crippen molar-refractivity contribution in [3.8, 4) is 5.75 Å². The molecule has 1 saturated carbocycles. The van der Waals surface area contributed by atoms with Gasteiger partial charge in [-0.2, -0.15) is 5.10 Å². The van der Waals surface area contributed by atoms with E-state index >= 15 is 0 Å². The highest BCUT2D eigenvalue weighted by Crippen LogP contribution is 2.31. The second-order valence-corrected chi connectivity index (χ2v) is 6.31. The zero-order valence-corrected chi connectivity index (χ0v) is 13.8. The smallest absolute Gasteiger partial charge is 0.263 e. The molecule has 0 spiro atoms. The van der Waals surface area contributed by atoms with Gasteiger partial charge in [-0.1, -0.05) is 28.8 Å². The standard InChI is InChI=1S/C16H18BrN3O2/c17-12-5-7-14(8-6-12)22-11-16(21)19-15-9-10-18-20(15)13-3-1-2-4-13/h5-10,13H,1-4,11H2,(H,19,21). The SMILES string of the molecule is O=C(COc1ccc(Br)cc1)Nc1ccnn1C1CCCC1. The van der Waals surface area contributed by atoms with Crippen LogP contribution < -0.4 is 10.1 Å². The van der Waals surface area contributed by atoms with Gasteiger partial charge in [0.1, 0.15) is 11.6 Å². The summed E-state index contributed by atoms with van der Waals surface area (Å²) in [6.07, 6.45) is 6.43. The molecule has 0 saturated heterocycles. The number of carbonyl (C=O) groups excluding carboxylic acids is 1. The Morgan fingerprint density at radius 1 is 1.27 bits per heavy atom. The molecule has 1 aromatic carbocycles. The molecule has 22 heavy (non-hydrogen) atoms. The van der Waals surface area contributed by atoms with E-state index < -0.39 is 0 Å². The van der Waals surface area contributed by atoms with Gasteiger partial charge in [0, 0.05) is 10.5 Å². The molecule has 0 unspecified atom stereocenters. The summed E-state index contributed by atoms with van der Waals surface area (Å²) in [6.45, 7) is -0.0164. The third-order valence-corrected chi connectivity index (χ3v) is 4.32. The van der Waals surface area contributed by atoms with Crippen molar-refractivity contribution >= 4 is 27.7 Å². The van der Waals surface area contributed by atoms with Gasteiger partial charge in [-0.3, -0.25) is 4.79 Å². The average Bonchev–Trinajstić information content (AvgIpc) is 3.17. The van der Waals surface area contributed by atoms with E-state index in [1.165, 1.54) is 12.8 Å². The van der Waals surface area contributed by atoms with Gasteiger partial charge in [-0.25, -0.2) is 4.68 Å². The number of halogens is 1. The van der Waals surface area contributed by atoms with Gasteiger partial charge < -0.3 is 10.1 Å². The third-order valence-electron chi connectivity index (χ3n) is 3.79. The highest BCUT2D eigenvalue weighted by molar-refractivity contribution is 9.10. The van der Waals surface area contributed by atoms with E-state index in [1.54, 1.807) is 6.20 Å². The van der Waals surface area contributed by atoms with Crippen LogP contribution in [-0.4, -0.2) is 22.3 Å². The molecule has 1 amide bonds. The Morgan fingerprint density at radius 2 is 2.00 bits per heavy atom. The fourth-order valence-electron chi connectivity index (χ4n) is 2.71. The van der Waals surface area contributed by atoms with Crippen LogP contribution in [0.1, 0.15) is 31.7 Å². The summed E-state index contributed by atoms with van der Waals surface area (Å²) in [7, 11) is 0. The lowest BCUT2D eigenvalue weighted by Gasteiger charge is -2.14. The average molecular weight is 364 g/mol. The minimum absolute atomic E-state index is 0.0164. The first kappa shape index (κ1) is 15.1. The minimum atomic E-state index is -0.178. The Balaban J connectivity index is 1.55. The van der Waals surface area contributed by atoms with Gasteiger partial charge in [0.2, 0.25) is 0 Å². The van der Waals surface area contributed by atoms with E-state index in [0.29, 0.717) is 11.8 Å². The Bertz CT molecular complexity index is 633. The number of nitrogens with zero attached hydrogens (tertiary/aromatic N) is 2. The Hall–Kier alpha value is -1.82. The largest absolute Gasteiger partial charge is 0.484 e. The Kier molecular flexibility index (Phi) is 4.77. The normalized spacial score (nSPS) is 15.0. The molecular weight excluding hydrogens is 346 g/mol. The molecule has 6 heteroatoms. The van der Waals surface area contributed by atoms with Crippen LogP contribution >= 0.6 is 15.9 Å². The van der Waals surface area contributed by atoms with Gasteiger partial charge in [0.15, 0.2) is 6.61 Å². The molecule has 1 fully saturated rings. The number of hydrogen-bond donors (Lipinski definition) is 1. The van der Waals surface area contributed by atoms with E-state index in [-0.39, 0.29) is 12.5 Å². The summed E-state index contributed by atoms with van der Waals surface area (Å²) < 4.78 is 8.37. The first-order valence-electron chi connectivity index (χ1n) is 7.44. The van der Waals surface area contributed by atoms with Crippen LogP contribution in [0.3, 0.4) is 0 Å². The summed E-state index contributed by atoms with van der Waals surface area (Å²) in [5.74, 6) is 1.24. The Morgan fingerprint density at radius 3 is 2.73 bits per heavy atom. The minimum Gasteiger partial charge on any atom is -0.484 e. The second kappa shape index (κ2) is 6.96. The van der Waals surface area contributed by atoms with Gasteiger partial charge in [-0.15, -0.1) is 0 Å². The summed E-state index contributed by atoms with van der Waals surface area (Å²) in [6, 6.07) is 9.62. The van der Waals surface area contributed by atoms with Crippen LogP contribution in [0.25, 0.3) is 0 Å². The number of benzene rings is 1. The van der Waals surface area contributed by atoms with Gasteiger partial charge >= 0.3 is 0 Å². The molecule has 1 aromatic heterocycles. The number of nitrogens with one attached hydrogen (secondary N) is 1. The lowest BCUT2D eigenvalue weighted by atomic mass is 10.2. The van der Waals surface area contributed by atoms with Crippen molar-refractivity contribution in [3.05, 3.63) is 41.0 Å². The summed E-state index contributed by atoms with van der Waals surface area (Å²) in [5, 5.41) is 7.21. The van der Waals surface area contributed by atoms with Crippen LogP contribution in [0.4, 0.5) is 5.82 Å². The number of hydrogen-bond acceptors (Lipinski definition) is 3. The number of carbonyl (C=O) groups is 1. The topological polar surface area (TPSA) is 56.1 Å². The molecule has 1 aliphatic rings. The van der Waals surface area contributed by atoms with Crippen molar-refractivity contribution in [2.24, 2.45) is 0 Å². The number of rotatable bonds is 5. The van der Waals surface area contributed by atoms with E-state index in [9.17, 15) is 4.79 Å². The summed E-state index contributed by atoms with van der Waals surface area (Å²) >= 11 is 3.36. The van der Waals surface area contributed by atoms with Crippen molar-refractivity contribution in [1.82, 2.24) is 9.78 Å². The maximum atomic E-state index is 12.0. The molecule has 1 aliphatic carbocycles. The molecule has 1 N–H and O–H groups in total. The number of aromatic nitrogens is 2. The van der Waals surface area contributed by atoms with Crippen molar-refractivity contribution in [2.45, 2.75) is 31.7 Å². The lowest BCUT2D eigenvalue weighted by Crippen LogP contribution is -2.23. The van der Waals surface area contributed by atoms with Crippen LogP contribution in [0.5, 0.6) is 5.75 Å². The van der Waals surface area contributed by atoms with Gasteiger partial charge in [0.25, 0.3) is 5.91 Å². The van der Waals surface area contributed by atoms with Crippen molar-refractivity contribution < 1.29 is 9.53 Å². The van der Waals surface area contributed by atoms with Crippen LogP contribution in [0.2, 0.25) is 0 Å². The molecule has 0 aliphatic heterocycles. The summed E-state index contributed by atoms with van der Waals surface area (Å²) in [4.78, 5) is 12.0. The van der Waals surface area contributed by atoms with Crippen molar-refractivity contribution in [1.29, 1.82) is 0 Å². The fourth-order valence-corrected chi connectivity index (χ4v) is 2.98. The van der Waals surface area contributed by atoms with E-state index in [4.69, 9.17) is 4.74 Å². The molecule has 2 aromatic rings. The van der Waals surface area contributed by atoms with E-state index in [1.807, 2.05) is 35.0 Å². The monoisotopic (exact) mass is 363 g/mol. The highest BCUT2D eigenvalue weighted by Gasteiger charge is 2.20. The molecule has 5 nitrogen and oxygen atoms in total. The Labute approximate surface area is 137 Å². The quantitative estimate of drug-likeness (QED) is 0.879. The third kappa shape index (κ3) is 3.68. The highest BCUT2D eigenvalue weighted by atomic mass is 79.9.